The summed E-state index contributed by atoms with van der Waals surface area (Å²) in [6, 6.07) is 3.18. The van der Waals surface area contributed by atoms with Gasteiger partial charge in [0.25, 0.3) is 0 Å². The number of aromatic amines is 1. The van der Waals surface area contributed by atoms with E-state index in [1.165, 1.54) is 11.6 Å². The van der Waals surface area contributed by atoms with E-state index in [0.717, 1.165) is 30.9 Å². The van der Waals surface area contributed by atoms with Crippen molar-refractivity contribution in [2.75, 3.05) is 6.61 Å². The molecule has 0 aliphatic carbocycles. The smallest absolute Gasteiger partial charge is 0.129 e. The van der Waals surface area contributed by atoms with Gasteiger partial charge in [0, 0.05) is 36.3 Å². The fraction of sp³-hybridized carbons (Fsp3) is 0.438. The van der Waals surface area contributed by atoms with Crippen molar-refractivity contribution < 1.29 is 13.5 Å². The van der Waals surface area contributed by atoms with E-state index in [2.05, 4.69) is 15.1 Å². The number of fused-ring (bicyclic) bond motifs is 1. The van der Waals surface area contributed by atoms with E-state index in [4.69, 9.17) is 10.5 Å². The Morgan fingerprint density at radius 1 is 1.30 bits per heavy atom. The zero-order chi connectivity index (χ0) is 16.0. The van der Waals surface area contributed by atoms with E-state index >= 15 is 0 Å². The minimum Gasteiger partial charge on any atom is -0.370 e. The highest BCUT2D eigenvalue weighted by atomic mass is 19.1. The third-order valence-electron chi connectivity index (χ3n) is 4.72. The van der Waals surface area contributed by atoms with Crippen LogP contribution in [0.5, 0.6) is 0 Å². The molecule has 23 heavy (non-hydrogen) atoms. The van der Waals surface area contributed by atoms with Gasteiger partial charge in [-0.05, 0) is 24.6 Å². The Labute approximate surface area is 132 Å². The maximum absolute atomic E-state index is 13.9. The number of ether oxygens (including phenoxy) is 1. The molecule has 1 aromatic carbocycles. The Morgan fingerprint density at radius 3 is 2.96 bits per heavy atom. The molecule has 1 saturated heterocycles. The Hall–Kier alpha value is -1.83. The molecule has 7 heteroatoms. The van der Waals surface area contributed by atoms with Crippen molar-refractivity contribution in [1.29, 1.82) is 0 Å². The van der Waals surface area contributed by atoms with Crippen molar-refractivity contribution >= 4 is 0 Å². The summed E-state index contributed by atoms with van der Waals surface area (Å²) >= 11 is 0. The summed E-state index contributed by atoms with van der Waals surface area (Å²) in [5.74, 6) is -0.961. The second kappa shape index (κ2) is 5.67. The highest BCUT2D eigenvalue weighted by molar-refractivity contribution is 5.24. The molecule has 0 spiro atoms. The Morgan fingerprint density at radius 2 is 2.17 bits per heavy atom. The number of benzene rings is 1. The zero-order valence-electron chi connectivity index (χ0n) is 12.5. The molecule has 2 aromatic rings. The van der Waals surface area contributed by atoms with Crippen LogP contribution in [0.4, 0.5) is 8.78 Å². The first-order chi connectivity index (χ1) is 11.1. The minimum absolute atomic E-state index is 0.165. The summed E-state index contributed by atoms with van der Waals surface area (Å²) in [6.07, 6.45) is 1.91. The lowest BCUT2D eigenvalue weighted by atomic mass is 9.93. The number of nitrogens with zero attached hydrogens (tertiary/aromatic N) is 2. The van der Waals surface area contributed by atoms with Gasteiger partial charge in [0.15, 0.2) is 0 Å². The standard InChI is InChI=1S/C16H18F2N4O/c17-10-1-2-13(18)12(3-10)16-14(19)4-11(8-23-16)22-6-9-5-20-21-15(9)7-22/h1-3,5,11,14,16H,4,6-8,19H2,(H,20,21)/t11-,14+,16?/m1/s1. The summed E-state index contributed by atoms with van der Waals surface area (Å²) < 4.78 is 33.1. The molecule has 3 atom stereocenters. The molecule has 1 unspecified atom stereocenters. The molecule has 2 aliphatic rings. The third-order valence-corrected chi connectivity index (χ3v) is 4.72. The Kier molecular flexibility index (Phi) is 3.63. The van der Waals surface area contributed by atoms with E-state index in [0.29, 0.717) is 13.0 Å². The third kappa shape index (κ3) is 2.65. The van der Waals surface area contributed by atoms with Crippen molar-refractivity contribution in [3.63, 3.8) is 0 Å². The first-order valence-electron chi connectivity index (χ1n) is 7.69. The quantitative estimate of drug-likeness (QED) is 0.886. The van der Waals surface area contributed by atoms with Gasteiger partial charge in [-0.25, -0.2) is 8.78 Å². The van der Waals surface area contributed by atoms with Gasteiger partial charge in [-0.15, -0.1) is 0 Å². The number of hydrogen-bond acceptors (Lipinski definition) is 4. The highest BCUT2D eigenvalue weighted by Gasteiger charge is 2.36. The largest absolute Gasteiger partial charge is 0.370 e. The molecule has 0 saturated carbocycles. The second-order valence-electron chi connectivity index (χ2n) is 6.25. The molecule has 122 valence electrons. The Bertz CT molecular complexity index is 699. The van der Waals surface area contributed by atoms with E-state index in [9.17, 15) is 8.78 Å². The number of hydrogen-bond donors (Lipinski definition) is 2. The topological polar surface area (TPSA) is 67.2 Å². The van der Waals surface area contributed by atoms with Gasteiger partial charge in [0.1, 0.15) is 17.7 Å². The van der Waals surface area contributed by atoms with Crippen LogP contribution in [-0.4, -0.2) is 33.8 Å². The normalized spacial score (nSPS) is 28.0. The van der Waals surface area contributed by atoms with Crippen molar-refractivity contribution in [3.8, 4) is 0 Å². The van der Waals surface area contributed by atoms with Crippen LogP contribution in [0.25, 0.3) is 0 Å². The molecule has 1 aromatic heterocycles. The summed E-state index contributed by atoms with van der Waals surface area (Å²) in [7, 11) is 0. The van der Waals surface area contributed by atoms with Crippen LogP contribution in [0, 0.1) is 11.6 Å². The maximum atomic E-state index is 13.9. The van der Waals surface area contributed by atoms with Gasteiger partial charge in [-0.1, -0.05) is 0 Å². The van der Waals surface area contributed by atoms with E-state index in [-0.39, 0.29) is 17.6 Å². The second-order valence-corrected chi connectivity index (χ2v) is 6.25. The summed E-state index contributed by atoms with van der Waals surface area (Å²) in [4.78, 5) is 2.28. The van der Waals surface area contributed by atoms with E-state index < -0.39 is 17.7 Å². The molecule has 3 N–H and O–H groups in total. The van der Waals surface area contributed by atoms with Crippen LogP contribution in [0.15, 0.2) is 24.4 Å². The minimum atomic E-state index is -0.607. The predicted octanol–water partition coefficient (Wildman–Crippen LogP) is 1.86. The molecule has 1 fully saturated rings. The number of nitrogens with one attached hydrogen (secondary N) is 1. The molecule has 3 heterocycles. The molecule has 4 rings (SSSR count). The first kappa shape index (κ1) is 14.7. The van der Waals surface area contributed by atoms with Crippen molar-refractivity contribution in [2.24, 2.45) is 5.73 Å². The van der Waals surface area contributed by atoms with Crippen LogP contribution in [0.3, 0.4) is 0 Å². The summed E-state index contributed by atoms with van der Waals surface area (Å²) in [5.41, 5.74) is 8.72. The molecular weight excluding hydrogens is 302 g/mol. The fourth-order valence-corrected chi connectivity index (χ4v) is 3.50. The van der Waals surface area contributed by atoms with Gasteiger partial charge in [0.2, 0.25) is 0 Å². The van der Waals surface area contributed by atoms with Gasteiger partial charge < -0.3 is 10.5 Å². The van der Waals surface area contributed by atoms with Crippen LogP contribution < -0.4 is 5.73 Å². The average molecular weight is 320 g/mol. The van der Waals surface area contributed by atoms with Crippen molar-refractivity contribution in [3.05, 3.63) is 52.9 Å². The fourth-order valence-electron chi connectivity index (χ4n) is 3.50. The molecule has 0 amide bonds. The van der Waals surface area contributed by atoms with E-state index in [1.54, 1.807) is 0 Å². The molecular formula is C16H18F2N4O. The van der Waals surface area contributed by atoms with Crippen LogP contribution >= 0.6 is 0 Å². The van der Waals surface area contributed by atoms with Gasteiger partial charge in [-0.3, -0.25) is 10.00 Å². The lowest BCUT2D eigenvalue weighted by molar-refractivity contribution is -0.0533. The average Bonchev–Trinajstić information content (AvgIpc) is 3.11. The molecule has 0 radical (unpaired) electrons. The van der Waals surface area contributed by atoms with Crippen molar-refractivity contribution in [1.82, 2.24) is 15.1 Å². The molecule has 5 nitrogen and oxygen atoms in total. The zero-order valence-corrected chi connectivity index (χ0v) is 12.5. The lowest BCUT2D eigenvalue weighted by Crippen LogP contribution is -2.47. The molecule has 0 bridgehead atoms. The predicted molar refractivity (Wildman–Crippen MR) is 79.3 cm³/mol. The number of halogens is 2. The summed E-state index contributed by atoms with van der Waals surface area (Å²) in [5, 5.41) is 7.01. The summed E-state index contributed by atoms with van der Waals surface area (Å²) in [6.45, 7) is 2.05. The van der Waals surface area contributed by atoms with Crippen molar-refractivity contribution in [2.45, 2.75) is 37.7 Å². The number of H-pyrrole nitrogens is 1. The van der Waals surface area contributed by atoms with Crippen LogP contribution in [0.2, 0.25) is 0 Å². The Balaban J connectivity index is 1.46. The molecule has 2 aliphatic heterocycles. The monoisotopic (exact) mass is 320 g/mol. The van der Waals surface area contributed by atoms with Gasteiger partial charge in [0.05, 0.1) is 18.5 Å². The first-order valence-corrected chi connectivity index (χ1v) is 7.69. The maximum Gasteiger partial charge on any atom is 0.129 e. The van der Waals surface area contributed by atoms with Crippen LogP contribution in [0.1, 0.15) is 29.3 Å². The SMILES string of the molecule is N[C@H]1C[C@@H](N2Cc3cn[nH]c3C2)COC1c1cc(F)ccc1F. The number of rotatable bonds is 2. The van der Waals surface area contributed by atoms with Crippen LogP contribution in [-0.2, 0) is 17.8 Å². The van der Waals surface area contributed by atoms with Gasteiger partial charge in [-0.2, -0.15) is 5.10 Å². The number of aromatic nitrogens is 2. The van der Waals surface area contributed by atoms with E-state index in [1.807, 2.05) is 6.20 Å². The number of nitrogens with two attached hydrogens (primary N) is 1. The lowest BCUT2D eigenvalue weighted by Gasteiger charge is -2.38. The van der Waals surface area contributed by atoms with Gasteiger partial charge >= 0.3 is 0 Å². The highest BCUT2D eigenvalue weighted by Crippen LogP contribution is 2.33.